The molecule has 0 aliphatic carbocycles. The van der Waals surface area contributed by atoms with E-state index in [4.69, 9.17) is 0 Å². The molecule has 0 spiro atoms. The van der Waals surface area contributed by atoms with E-state index in [1.54, 1.807) is 0 Å². The fourth-order valence-corrected chi connectivity index (χ4v) is 1.57. The summed E-state index contributed by atoms with van der Waals surface area (Å²) in [5, 5.41) is 0. The van der Waals surface area contributed by atoms with Gasteiger partial charge >= 0.3 is 0 Å². The van der Waals surface area contributed by atoms with Gasteiger partial charge in [-0.3, -0.25) is 4.79 Å². The lowest BCUT2D eigenvalue weighted by Crippen LogP contribution is -2.05. The molecule has 0 aliphatic heterocycles. The second-order valence-corrected chi connectivity index (χ2v) is 4.37. The average Bonchev–Trinajstić information content (AvgIpc) is 2.18. The standard InChI is InChI=1S/C13H16F2O/c1-9(2)7-12(16)5-3-10-8-11(14)4-6-13(10)15/h4,6,8-9H,3,5,7H2,1-2H3. The minimum Gasteiger partial charge on any atom is -0.300 e. The van der Waals surface area contributed by atoms with Crippen LogP contribution in [0.3, 0.4) is 0 Å². The highest BCUT2D eigenvalue weighted by molar-refractivity contribution is 5.78. The molecule has 0 bridgehead atoms. The quantitative estimate of drug-likeness (QED) is 0.750. The first-order valence-electron chi connectivity index (χ1n) is 5.44. The minimum absolute atomic E-state index is 0.0960. The topological polar surface area (TPSA) is 17.1 Å². The molecule has 1 rings (SSSR count). The largest absolute Gasteiger partial charge is 0.300 e. The van der Waals surface area contributed by atoms with Crippen molar-refractivity contribution in [1.82, 2.24) is 0 Å². The molecule has 0 aromatic heterocycles. The minimum atomic E-state index is -0.465. The third kappa shape index (κ3) is 4.09. The molecule has 0 amide bonds. The Morgan fingerprint density at radius 3 is 2.62 bits per heavy atom. The van der Waals surface area contributed by atoms with Gasteiger partial charge in [0.1, 0.15) is 17.4 Å². The fraction of sp³-hybridized carbons (Fsp3) is 0.462. The molecule has 1 aromatic rings. The Morgan fingerprint density at radius 2 is 2.00 bits per heavy atom. The van der Waals surface area contributed by atoms with Crippen molar-refractivity contribution in [3.05, 3.63) is 35.4 Å². The van der Waals surface area contributed by atoms with Crippen LogP contribution in [-0.2, 0) is 11.2 Å². The summed E-state index contributed by atoms with van der Waals surface area (Å²) in [5.74, 6) is -0.505. The zero-order valence-electron chi connectivity index (χ0n) is 9.59. The zero-order chi connectivity index (χ0) is 12.1. The van der Waals surface area contributed by atoms with Gasteiger partial charge in [-0.2, -0.15) is 0 Å². The molecule has 0 radical (unpaired) electrons. The normalized spacial score (nSPS) is 10.8. The summed E-state index contributed by atoms with van der Waals surface area (Å²) in [7, 11) is 0. The van der Waals surface area contributed by atoms with E-state index < -0.39 is 11.6 Å². The number of halogens is 2. The van der Waals surface area contributed by atoms with Crippen LogP contribution in [0.25, 0.3) is 0 Å². The highest BCUT2D eigenvalue weighted by atomic mass is 19.1. The van der Waals surface area contributed by atoms with Gasteiger partial charge in [-0.15, -0.1) is 0 Å². The fourth-order valence-electron chi connectivity index (χ4n) is 1.57. The Bertz CT molecular complexity index is 372. The van der Waals surface area contributed by atoms with Gasteiger partial charge in [-0.1, -0.05) is 13.8 Å². The van der Waals surface area contributed by atoms with E-state index in [1.165, 1.54) is 0 Å². The van der Waals surface area contributed by atoms with Crippen LogP contribution in [0.5, 0.6) is 0 Å². The molecule has 0 saturated heterocycles. The Morgan fingerprint density at radius 1 is 1.31 bits per heavy atom. The molecule has 1 nitrogen and oxygen atoms in total. The third-order valence-corrected chi connectivity index (χ3v) is 2.32. The number of Topliss-reactive ketones (excluding diaryl/α,β-unsaturated/α-hetero) is 1. The van der Waals surface area contributed by atoms with Crippen molar-refractivity contribution >= 4 is 5.78 Å². The predicted molar refractivity (Wildman–Crippen MR) is 59.1 cm³/mol. The van der Waals surface area contributed by atoms with Gasteiger partial charge in [0.05, 0.1) is 0 Å². The van der Waals surface area contributed by atoms with Gasteiger partial charge < -0.3 is 0 Å². The summed E-state index contributed by atoms with van der Waals surface area (Å²) < 4.78 is 26.0. The number of hydrogen-bond acceptors (Lipinski definition) is 1. The van der Waals surface area contributed by atoms with Crippen LogP contribution in [0, 0.1) is 17.6 Å². The smallest absolute Gasteiger partial charge is 0.133 e. The van der Waals surface area contributed by atoms with Gasteiger partial charge in [-0.05, 0) is 36.1 Å². The number of rotatable bonds is 5. The first kappa shape index (κ1) is 12.8. The molecular weight excluding hydrogens is 210 g/mol. The van der Waals surface area contributed by atoms with Crippen LogP contribution in [0.2, 0.25) is 0 Å². The van der Waals surface area contributed by atoms with E-state index in [1.807, 2.05) is 13.8 Å². The molecule has 0 heterocycles. The van der Waals surface area contributed by atoms with Gasteiger partial charge in [0, 0.05) is 12.8 Å². The second kappa shape index (κ2) is 5.73. The Labute approximate surface area is 94.5 Å². The number of hydrogen-bond donors (Lipinski definition) is 0. The van der Waals surface area contributed by atoms with Gasteiger partial charge in [0.25, 0.3) is 0 Å². The second-order valence-electron chi connectivity index (χ2n) is 4.37. The Balaban J connectivity index is 2.54. The molecule has 0 unspecified atom stereocenters. The van der Waals surface area contributed by atoms with Crippen LogP contribution in [-0.4, -0.2) is 5.78 Å². The van der Waals surface area contributed by atoms with E-state index in [2.05, 4.69) is 0 Å². The first-order chi connectivity index (χ1) is 7.49. The molecule has 0 aliphatic rings. The third-order valence-electron chi connectivity index (χ3n) is 2.32. The Hall–Kier alpha value is -1.25. The van der Waals surface area contributed by atoms with Crippen molar-refractivity contribution in [2.75, 3.05) is 0 Å². The van der Waals surface area contributed by atoms with Crippen LogP contribution in [0.4, 0.5) is 8.78 Å². The van der Waals surface area contributed by atoms with Crippen LogP contribution in [0.1, 0.15) is 32.3 Å². The number of carbonyl (C=O) groups excluding carboxylic acids is 1. The van der Waals surface area contributed by atoms with E-state index >= 15 is 0 Å². The summed E-state index contributed by atoms with van der Waals surface area (Å²) in [6.07, 6.45) is 1.05. The van der Waals surface area contributed by atoms with Crippen molar-refractivity contribution in [2.45, 2.75) is 33.1 Å². The maximum atomic E-state index is 13.2. The molecule has 88 valence electrons. The summed E-state index contributed by atoms with van der Waals surface area (Å²) in [6, 6.07) is 3.32. The summed E-state index contributed by atoms with van der Waals surface area (Å²) in [4.78, 5) is 11.4. The maximum absolute atomic E-state index is 13.2. The number of carbonyl (C=O) groups is 1. The monoisotopic (exact) mass is 226 g/mol. The lowest BCUT2D eigenvalue weighted by atomic mass is 10.0. The Kier molecular flexibility index (Phi) is 4.59. The lowest BCUT2D eigenvalue weighted by molar-refractivity contribution is -0.119. The van der Waals surface area contributed by atoms with Gasteiger partial charge in [0.15, 0.2) is 0 Å². The predicted octanol–water partition coefficient (Wildman–Crippen LogP) is 3.51. The summed E-state index contributed by atoms with van der Waals surface area (Å²) in [5.41, 5.74) is 0.275. The molecule has 16 heavy (non-hydrogen) atoms. The number of aryl methyl sites for hydroxylation is 1. The van der Waals surface area contributed by atoms with Crippen molar-refractivity contribution in [3.8, 4) is 0 Å². The van der Waals surface area contributed by atoms with Gasteiger partial charge in [-0.25, -0.2) is 8.78 Å². The van der Waals surface area contributed by atoms with Crippen molar-refractivity contribution in [3.63, 3.8) is 0 Å². The van der Waals surface area contributed by atoms with Crippen molar-refractivity contribution in [2.24, 2.45) is 5.92 Å². The average molecular weight is 226 g/mol. The number of ketones is 1. The maximum Gasteiger partial charge on any atom is 0.133 e. The first-order valence-corrected chi connectivity index (χ1v) is 5.44. The summed E-state index contributed by atoms with van der Waals surface area (Å²) >= 11 is 0. The van der Waals surface area contributed by atoms with E-state index in [9.17, 15) is 13.6 Å². The number of benzene rings is 1. The molecule has 0 N–H and O–H groups in total. The van der Waals surface area contributed by atoms with Crippen LogP contribution in [0.15, 0.2) is 18.2 Å². The van der Waals surface area contributed by atoms with Crippen LogP contribution >= 0.6 is 0 Å². The lowest BCUT2D eigenvalue weighted by Gasteiger charge is -2.05. The molecule has 1 aromatic carbocycles. The SMILES string of the molecule is CC(C)CC(=O)CCc1cc(F)ccc1F. The van der Waals surface area contributed by atoms with E-state index in [0.717, 1.165) is 18.2 Å². The van der Waals surface area contributed by atoms with Gasteiger partial charge in [0.2, 0.25) is 0 Å². The van der Waals surface area contributed by atoms with Crippen LogP contribution < -0.4 is 0 Å². The highest BCUT2D eigenvalue weighted by Crippen LogP contribution is 2.13. The molecular formula is C13H16F2O. The molecule has 0 fully saturated rings. The molecule has 3 heteroatoms. The van der Waals surface area contributed by atoms with E-state index in [0.29, 0.717) is 12.3 Å². The molecule has 0 saturated carbocycles. The van der Waals surface area contributed by atoms with Crippen molar-refractivity contribution in [1.29, 1.82) is 0 Å². The zero-order valence-corrected chi connectivity index (χ0v) is 9.59. The summed E-state index contributed by atoms with van der Waals surface area (Å²) in [6.45, 7) is 3.92. The van der Waals surface area contributed by atoms with E-state index in [-0.39, 0.29) is 24.2 Å². The van der Waals surface area contributed by atoms with Crippen molar-refractivity contribution < 1.29 is 13.6 Å². The highest BCUT2D eigenvalue weighted by Gasteiger charge is 2.08. The molecule has 0 atom stereocenters.